The number of benzene rings is 1. The smallest absolute Gasteiger partial charge is 0.238 e. The van der Waals surface area contributed by atoms with E-state index in [9.17, 15) is 4.79 Å². The Kier molecular flexibility index (Phi) is 9.58. The first-order chi connectivity index (χ1) is 11.8. The summed E-state index contributed by atoms with van der Waals surface area (Å²) in [5.41, 5.74) is 0.819. The highest BCUT2D eigenvalue weighted by molar-refractivity contribution is 7.99. The van der Waals surface area contributed by atoms with Crippen LogP contribution in [-0.2, 0) is 11.3 Å². The van der Waals surface area contributed by atoms with Crippen LogP contribution in [0.2, 0.25) is 0 Å². The van der Waals surface area contributed by atoms with E-state index in [1.165, 1.54) is 0 Å². The van der Waals surface area contributed by atoms with Gasteiger partial charge in [-0.3, -0.25) is 10.1 Å². The summed E-state index contributed by atoms with van der Waals surface area (Å²) in [6.07, 6.45) is 1.66. The number of rotatable bonds is 6. The van der Waals surface area contributed by atoms with Crippen molar-refractivity contribution in [1.82, 2.24) is 15.6 Å². The van der Waals surface area contributed by atoms with Crippen LogP contribution < -0.4 is 20.1 Å². The summed E-state index contributed by atoms with van der Waals surface area (Å²) in [6, 6.07) is 10.9. The lowest BCUT2D eigenvalue weighted by molar-refractivity contribution is -0.122. The van der Waals surface area contributed by atoms with Gasteiger partial charge >= 0.3 is 0 Å². The van der Waals surface area contributed by atoms with Crippen molar-refractivity contribution >= 4 is 42.5 Å². The molecule has 1 amide bonds. The molecule has 0 saturated carbocycles. The average Bonchev–Trinajstić information content (AvgIpc) is 3.16. The van der Waals surface area contributed by atoms with Crippen LogP contribution in [0.3, 0.4) is 0 Å². The largest absolute Gasteiger partial charge is 0.497 e. The van der Waals surface area contributed by atoms with Crippen LogP contribution in [0.25, 0.3) is 0 Å². The summed E-state index contributed by atoms with van der Waals surface area (Å²) in [6.45, 7) is 0.370. The maximum absolute atomic E-state index is 12.1. The Labute approximate surface area is 169 Å². The van der Waals surface area contributed by atoms with Gasteiger partial charge in [0.2, 0.25) is 11.8 Å². The van der Waals surface area contributed by atoms with Crippen molar-refractivity contribution in [2.24, 2.45) is 0 Å². The average molecular weight is 418 g/mol. The SMILES string of the molecule is COc1cccc(Oc2ncccc2CNC(=O)C2CSCN2)c1.Cl.Cl. The molecule has 1 atom stereocenters. The summed E-state index contributed by atoms with van der Waals surface area (Å²) >= 11 is 1.72. The Hall–Kier alpha value is -1.67. The van der Waals surface area contributed by atoms with Crippen molar-refractivity contribution in [3.05, 3.63) is 48.2 Å². The van der Waals surface area contributed by atoms with Gasteiger partial charge in [-0.05, 0) is 18.2 Å². The van der Waals surface area contributed by atoms with Crippen LogP contribution in [0.5, 0.6) is 17.4 Å². The zero-order chi connectivity index (χ0) is 16.8. The van der Waals surface area contributed by atoms with Gasteiger partial charge < -0.3 is 14.8 Å². The second-order valence-corrected chi connectivity index (χ2v) is 6.27. The Morgan fingerprint density at radius 3 is 2.85 bits per heavy atom. The van der Waals surface area contributed by atoms with Gasteiger partial charge in [0.15, 0.2) is 0 Å². The molecule has 1 aromatic heterocycles. The molecule has 0 spiro atoms. The molecule has 0 bridgehead atoms. The predicted octanol–water partition coefficient (Wildman–Crippen LogP) is 3.00. The summed E-state index contributed by atoms with van der Waals surface area (Å²) in [4.78, 5) is 16.4. The van der Waals surface area contributed by atoms with Gasteiger partial charge in [-0.1, -0.05) is 12.1 Å². The van der Waals surface area contributed by atoms with Gasteiger partial charge in [-0.25, -0.2) is 4.98 Å². The second kappa shape index (κ2) is 11.1. The monoisotopic (exact) mass is 417 g/mol. The van der Waals surface area contributed by atoms with Crippen molar-refractivity contribution in [3.63, 3.8) is 0 Å². The standard InChI is InChI=1S/C17H19N3O3S.2ClH/c1-22-13-5-2-6-14(8-13)23-17-12(4-3-7-18-17)9-19-16(21)15-10-24-11-20-15;;/h2-8,15,20H,9-11H2,1H3,(H,19,21);2*1H. The summed E-state index contributed by atoms with van der Waals surface area (Å²) in [5.74, 6) is 3.43. The number of halogens is 2. The fourth-order valence-corrected chi connectivity index (χ4v) is 3.24. The molecule has 6 nitrogen and oxygen atoms in total. The van der Waals surface area contributed by atoms with Crippen molar-refractivity contribution in [1.29, 1.82) is 0 Å². The molecule has 1 unspecified atom stereocenters. The Morgan fingerprint density at radius 2 is 2.12 bits per heavy atom. The first-order valence-corrected chi connectivity index (χ1v) is 8.76. The minimum Gasteiger partial charge on any atom is -0.497 e. The van der Waals surface area contributed by atoms with Crippen molar-refractivity contribution in [2.75, 3.05) is 18.7 Å². The predicted molar refractivity (Wildman–Crippen MR) is 108 cm³/mol. The van der Waals surface area contributed by atoms with Gasteiger partial charge in [0.1, 0.15) is 11.5 Å². The van der Waals surface area contributed by atoms with Crippen molar-refractivity contribution < 1.29 is 14.3 Å². The van der Waals surface area contributed by atoms with E-state index < -0.39 is 0 Å². The molecule has 9 heteroatoms. The number of aromatic nitrogens is 1. The molecule has 1 aliphatic rings. The molecule has 1 saturated heterocycles. The highest BCUT2D eigenvalue weighted by atomic mass is 35.5. The van der Waals surface area contributed by atoms with Gasteiger partial charge in [0, 0.05) is 36.0 Å². The van der Waals surface area contributed by atoms with E-state index in [-0.39, 0.29) is 36.8 Å². The number of carbonyl (C=O) groups is 1. The molecule has 2 heterocycles. The number of nitrogens with zero attached hydrogens (tertiary/aromatic N) is 1. The summed E-state index contributed by atoms with van der Waals surface area (Å²) in [5, 5.41) is 6.08. The second-order valence-electron chi connectivity index (χ2n) is 5.24. The molecule has 1 fully saturated rings. The first-order valence-electron chi connectivity index (χ1n) is 7.61. The van der Waals surface area contributed by atoms with Gasteiger partial charge in [-0.2, -0.15) is 0 Å². The number of nitrogens with one attached hydrogen (secondary N) is 2. The van der Waals surface area contributed by atoms with E-state index >= 15 is 0 Å². The van der Waals surface area contributed by atoms with Crippen LogP contribution in [0.1, 0.15) is 5.56 Å². The normalized spacial score (nSPS) is 15.3. The molecule has 142 valence electrons. The topological polar surface area (TPSA) is 72.5 Å². The fourth-order valence-electron chi connectivity index (χ4n) is 2.30. The number of ether oxygens (including phenoxy) is 2. The van der Waals surface area contributed by atoms with Crippen LogP contribution >= 0.6 is 36.6 Å². The highest BCUT2D eigenvalue weighted by Gasteiger charge is 2.22. The third kappa shape index (κ3) is 5.95. The Bertz CT molecular complexity index is 715. The van der Waals surface area contributed by atoms with Gasteiger partial charge in [-0.15, -0.1) is 36.6 Å². The summed E-state index contributed by atoms with van der Waals surface area (Å²) < 4.78 is 11.0. The lowest BCUT2D eigenvalue weighted by Crippen LogP contribution is -2.41. The van der Waals surface area contributed by atoms with Crippen LogP contribution in [0, 0.1) is 0 Å². The molecular weight excluding hydrogens is 397 g/mol. The van der Waals surface area contributed by atoms with Crippen molar-refractivity contribution in [2.45, 2.75) is 12.6 Å². The first kappa shape index (κ1) is 22.4. The van der Waals surface area contributed by atoms with Gasteiger partial charge in [0.05, 0.1) is 13.2 Å². The Morgan fingerprint density at radius 1 is 1.31 bits per heavy atom. The van der Waals surface area contributed by atoms with E-state index in [2.05, 4.69) is 15.6 Å². The molecule has 2 aromatic rings. The molecule has 2 N–H and O–H groups in total. The van der Waals surface area contributed by atoms with E-state index in [0.29, 0.717) is 23.9 Å². The number of amides is 1. The minimum absolute atomic E-state index is 0. The maximum atomic E-state index is 12.1. The number of thioether (sulfide) groups is 1. The van der Waals surface area contributed by atoms with Crippen LogP contribution in [0.15, 0.2) is 42.6 Å². The molecule has 1 aromatic carbocycles. The lowest BCUT2D eigenvalue weighted by Gasteiger charge is -2.13. The third-order valence-corrected chi connectivity index (χ3v) is 4.53. The molecule has 0 radical (unpaired) electrons. The number of carbonyl (C=O) groups excluding carboxylic acids is 1. The van der Waals surface area contributed by atoms with Crippen LogP contribution in [-0.4, -0.2) is 35.7 Å². The zero-order valence-electron chi connectivity index (χ0n) is 14.1. The third-order valence-electron chi connectivity index (χ3n) is 3.59. The number of pyridine rings is 1. The van der Waals surface area contributed by atoms with Gasteiger partial charge in [0.25, 0.3) is 0 Å². The lowest BCUT2D eigenvalue weighted by atomic mass is 10.2. The van der Waals surface area contributed by atoms with Crippen molar-refractivity contribution in [3.8, 4) is 17.4 Å². The molecule has 3 rings (SSSR count). The summed E-state index contributed by atoms with van der Waals surface area (Å²) in [7, 11) is 1.61. The Balaban J connectivity index is 0.00000169. The van der Waals surface area contributed by atoms with E-state index in [1.807, 2.05) is 30.3 Å². The number of hydrogen-bond donors (Lipinski definition) is 2. The number of hydrogen-bond acceptors (Lipinski definition) is 6. The quantitative estimate of drug-likeness (QED) is 0.752. The molecular formula is C17H21Cl2N3O3S. The zero-order valence-corrected chi connectivity index (χ0v) is 16.6. The van der Waals surface area contributed by atoms with E-state index in [1.54, 1.807) is 31.1 Å². The highest BCUT2D eigenvalue weighted by Crippen LogP contribution is 2.26. The maximum Gasteiger partial charge on any atom is 0.238 e. The molecule has 0 aliphatic carbocycles. The van der Waals surface area contributed by atoms with E-state index in [0.717, 1.165) is 17.2 Å². The minimum atomic E-state index is -0.130. The fraction of sp³-hybridized carbons (Fsp3) is 0.294. The molecule has 1 aliphatic heterocycles. The van der Waals surface area contributed by atoms with E-state index in [4.69, 9.17) is 9.47 Å². The molecule has 26 heavy (non-hydrogen) atoms. The number of methoxy groups -OCH3 is 1. The van der Waals surface area contributed by atoms with Crippen LogP contribution in [0.4, 0.5) is 0 Å².